The van der Waals surface area contributed by atoms with Crippen molar-refractivity contribution in [2.45, 2.75) is 13.5 Å². The molecule has 5 heteroatoms. The van der Waals surface area contributed by atoms with Crippen LogP contribution in [-0.4, -0.2) is 14.5 Å². The van der Waals surface area contributed by atoms with Crippen LogP contribution >= 0.6 is 11.6 Å². The third-order valence-corrected chi connectivity index (χ3v) is 3.49. The molecule has 0 aliphatic carbocycles. The van der Waals surface area contributed by atoms with Crippen molar-refractivity contribution >= 4 is 17.3 Å². The molecule has 1 N–H and O–H groups in total. The Kier molecular flexibility index (Phi) is 3.88. The molecule has 106 valence electrons. The maximum Gasteiger partial charge on any atom is 0.0992 e. The summed E-state index contributed by atoms with van der Waals surface area (Å²) in [5.41, 5.74) is 3.98. The molecule has 3 aromatic rings. The average molecular weight is 299 g/mol. The van der Waals surface area contributed by atoms with Crippen LogP contribution in [0.5, 0.6) is 0 Å². The number of hydrogen-bond donors (Lipinski definition) is 1. The predicted octanol–water partition coefficient (Wildman–Crippen LogP) is 3.84. The van der Waals surface area contributed by atoms with E-state index < -0.39 is 0 Å². The van der Waals surface area contributed by atoms with Crippen molar-refractivity contribution in [1.82, 2.24) is 14.5 Å². The number of nitrogens with one attached hydrogen (secondary N) is 1. The number of imidazole rings is 1. The molecule has 0 aliphatic heterocycles. The van der Waals surface area contributed by atoms with E-state index in [-0.39, 0.29) is 0 Å². The van der Waals surface area contributed by atoms with E-state index in [2.05, 4.69) is 21.4 Å². The summed E-state index contributed by atoms with van der Waals surface area (Å²) in [4.78, 5) is 8.47. The monoisotopic (exact) mass is 298 g/mol. The molecule has 0 spiro atoms. The highest BCUT2D eigenvalue weighted by Gasteiger charge is 2.08. The van der Waals surface area contributed by atoms with Gasteiger partial charge in [-0.3, -0.25) is 4.98 Å². The van der Waals surface area contributed by atoms with Crippen LogP contribution in [0, 0.1) is 6.92 Å². The first-order chi connectivity index (χ1) is 10.2. The molecule has 0 unspecified atom stereocenters. The molecule has 0 saturated heterocycles. The minimum absolute atomic E-state index is 0.641. The Morgan fingerprint density at radius 2 is 2.14 bits per heavy atom. The number of anilines is 1. The van der Waals surface area contributed by atoms with E-state index in [1.807, 2.05) is 48.1 Å². The number of hydrogen-bond acceptors (Lipinski definition) is 3. The zero-order valence-corrected chi connectivity index (χ0v) is 12.4. The van der Waals surface area contributed by atoms with Gasteiger partial charge in [0.15, 0.2) is 0 Å². The number of nitrogens with zero attached hydrogens (tertiary/aromatic N) is 3. The summed E-state index contributed by atoms with van der Waals surface area (Å²) in [7, 11) is 0. The van der Waals surface area contributed by atoms with Gasteiger partial charge < -0.3 is 9.88 Å². The van der Waals surface area contributed by atoms with Gasteiger partial charge in [-0.15, -0.1) is 0 Å². The van der Waals surface area contributed by atoms with Crippen molar-refractivity contribution in [1.29, 1.82) is 0 Å². The number of pyridine rings is 1. The van der Waals surface area contributed by atoms with Crippen LogP contribution in [0.25, 0.3) is 5.69 Å². The first-order valence-electron chi connectivity index (χ1n) is 6.66. The number of rotatable bonds is 4. The van der Waals surface area contributed by atoms with Crippen LogP contribution in [0.1, 0.15) is 11.3 Å². The van der Waals surface area contributed by atoms with Crippen LogP contribution in [0.4, 0.5) is 5.69 Å². The van der Waals surface area contributed by atoms with Crippen molar-refractivity contribution in [3.63, 3.8) is 0 Å². The topological polar surface area (TPSA) is 42.7 Å². The summed E-state index contributed by atoms with van der Waals surface area (Å²) in [5.74, 6) is 0. The highest BCUT2D eigenvalue weighted by molar-refractivity contribution is 6.33. The fourth-order valence-electron chi connectivity index (χ4n) is 2.10. The predicted molar refractivity (Wildman–Crippen MR) is 84.9 cm³/mol. The number of aromatic nitrogens is 3. The second-order valence-electron chi connectivity index (χ2n) is 4.79. The summed E-state index contributed by atoms with van der Waals surface area (Å²) < 4.78 is 1.90. The maximum atomic E-state index is 6.32. The van der Waals surface area contributed by atoms with Crippen molar-refractivity contribution in [2.75, 3.05) is 5.32 Å². The molecule has 2 aromatic heterocycles. The van der Waals surface area contributed by atoms with E-state index in [9.17, 15) is 0 Å². The first-order valence-corrected chi connectivity index (χ1v) is 7.04. The van der Waals surface area contributed by atoms with Crippen LogP contribution in [-0.2, 0) is 6.54 Å². The van der Waals surface area contributed by atoms with Gasteiger partial charge >= 0.3 is 0 Å². The molecule has 21 heavy (non-hydrogen) atoms. The lowest BCUT2D eigenvalue weighted by Crippen LogP contribution is -2.05. The van der Waals surface area contributed by atoms with Gasteiger partial charge in [0.25, 0.3) is 0 Å². The first kappa shape index (κ1) is 13.6. The Labute approximate surface area is 128 Å². The van der Waals surface area contributed by atoms with E-state index in [0.29, 0.717) is 11.6 Å². The normalized spacial score (nSPS) is 10.6. The quantitative estimate of drug-likeness (QED) is 0.796. The van der Waals surface area contributed by atoms with Gasteiger partial charge in [0, 0.05) is 18.6 Å². The van der Waals surface area contributed by atoms with Crippen molar-refractivity contribution in [2.24, 2.45) is 0 Å². The highest BCUT2D eigenvalue weighted by atomic mass is 35.5. The minimum atomic E-state index is 0.641. The van der Waals surface area contributed by atoms with Crippen LogP contribution in [0.15, 0.2) is 55.2 Å². The summed E-state index contributed by atoms with van der Waals surface area (Å²) in [5, 5.41) is 4.06. The molecule has 0 bridgehead atoms. The lowest BCUT2D eigenvalue weighted by atomic mass is 10.2. The molecule has 0 aliphatic rings. The molecular formula is C16H15ClN4. The van der Waals surface area contributed by atoms with Gasteiger partial charge in [-0.25, -0.2) is 4.98 Å². The molecule has 0 saturated carbocycles. The summed E-state index contributed by atoms with van der Waals surface area (Å²) >= 11 is 6.32. The van der Waals surface area contributed by atoms with Gasteiger partial charge in [-0.05, 0) is 30.7 Å². The minimum Gasteiger partial charge on any atom is -0.378 e. The number of benzene rings is 1. The Morgan fingerprint density at radius 3 is 2.86 bits per heavy atom. The second kappa shape index (κ2) is 5.97. The SMILES string of the molecule is Cc1ccc(CNc2cccc(Cl)c2-n2ccnc2)nc1. The van der Waals surface area contributed by atoms with Crippen LogP contribution < -0.4 is 5.32 Å². The average Bonchev–Trinajstić information content (AvgIpc) is 3.00. The van der Waals surface area contributed by atoms with Gasteiger partial charge in [0.05, 0.1) is 35.0 Å². The van der Waals surface area contributed by atoms with Crippen molar-refractivity contribution in [3.05, 3.63) is 71.5 Å². The van der Waals surface area contributed by atoms with E-state index in [1.165, 1.54) is 0 Å². The van der Waals surface area contributed by atoms with Gasteiger partial charge in [0.2, 0.25) is 0 Å². The highest BCUT2D eigenvalue weighted by Crippen LogP contribution is 2.28. The number of para-hydroxylation sites is 1. The third-order valence-electron chi connectivity index (χ3n) is 3.18. The smallest absolute Gasteiger partial charge is 0.0992 e. The molecule has 0 atom stereocenters. The Hall–Kier alpha value is -2.33. The van der Waals surface area contributed by atoms with Crippen molar-refractivity contribution in [3.8, 4) is 5.69 Å². The summed E-state index contributed by atoms with van der Waals surface area (Å²) in [6.45, 7) is 2.67. The van der Waals surface area contributed by atoms with Gasteiger partial charge in [-0.1, -0.05) is 23.7 Å². The molecule has 4 nitrogen and oxygen atoms in total. The Balaban J connectivity index is 1.86. The second-order valence-corrected chi connectivity index (χ2v) is 5.19. The Bertz CT molecular complexity index is 721. The molecule has 0 fully saturated rings. The van der Waals surface area contributed by atoms with Crippen LogP contribution in [0.3, 0.4) is 0 Å². The van der Waals surface area contributed by atoms with Crippen molar-refractivity contribution < 1.29 is 0 Å². The van der Waals surface area contributed by atoms with Gasteiger partial charge in [0.1, 0.15) is 0 Å². The maximum absolute atomic E-state index is 6.32. The molecule has 2 heterocycles. The van der Waals surface area contributed by atoms with E-state index in [1.54, 1.807) is 12.5 Å². The standard InChI is InChI=1S/C16H15ClN4/c1-12-5-6-13(19-9-12)10-20-15-4-2-3-14(17)16(15)21-8-7-18-11-21/h2-9,11,20H,10H2,1H3. The lowest BCUT2D eigenvalue weighted by molar-refractivity contribution is 1.01. The van der Waals surface area contributed by atoms with Crippen LogP contribution in [0.2, 0.25) is 5.02 Å². The largest absolute Gasteiger partial charge is 0.378 e. The number of aryl methyl sites for hydroxylation is 1. The number of halogens is 1. The lowest BCUT2D eigenvalue weighted by Gasteiger charge is -2.14. The zero-order valence-electron chi connectivity index (χ0n) is 11.6. The molecule has 0 radical (unpaired) electrons. The third kappa shape index (κ3) is 3.06. The fourth-order valence-corrected chi connectivity index (χ4v) is 2.37. The molecule has 1 aromatic carbocycles. The fraction of sp³-hybridized carbons (Fsp3) is 0.125. The Morgan fingerprint density at radius 1 is 1.24 bits per heavy atom. The molecular weight excluding hydrogens is 284 g/mol. The molecule has 3 rings (SSSR count). The summed E-state index contributed by atoms with van der Waals surface area (Å²) in [6.07, 6.45) is 7.20. The van der Waals surface area contributed by atoms with Gasteiger partial charge in [-0.2, -0.15) is 0 Å². The molecule has 0 amide bonds. The van der Waals surface area contributed by atoms with E-state index in [4.69, 9.17) is 11.6 Å². The summed E-state index contributed by atoms with van der Waals surface area (Å²) in [6, 6.07) is 9.86. The van der Waals surface area contributed by atoms with E-state index >= 15 is 0 Å². The van der Waals surface area contributed by atoms with E-state index in [0.717, 1.165) is 22.6 Å². The zero-order chi connectivity index (χ0) is 14.7.